The Kier molecular flexibility index (Phi) is 2.64. The van der Waals surface area contributed by atoms with Gasteiger partial charge in [0, 0.05) is 11.3 Å². The fraction of sp³-hybridized carbons (Fsp3) is 0.222. The van der Waals surface area contributed by atoms with E-state index in [2.05, 4.69) is 0 Å². The first-order chi connectivity index (χ1) is 7.34. The van der Waals surface area contributed by atoms with Crippen molar-refractivity contribution in [3.8, 4) is 0 Å². The van der Waals surface area contributed by atoms with Gasteiger partial charge in [0.15, 0.2) is 0 Å². The summed E-state index contributed by atoms with van der Waals surface area (Å²) in [5.74, 6) is -1.76. The van der Waals surface area contributed by atoms with Crippen LogP contribution in [0.3, 0.4) is 0 Å². The van der Waals surface area contributed by atoms with Gasteiger partial charge >= 0.3 is 4.71 Å². The molecule has 0 aromatic rings. The van der Waals surface area contributed by atoms with Crippen molar-refractivity contribution < 1.29 is 14.0 Å². The van der Waals surface area contributed by atoms with Crippen molar-refractivity contribution in [2.45, 2.75) is 11.1 Å². The normalized spacial score (nSPS) is 20.9. The third kappa shape index (κ3) is 1.59. The summed E-state index contributed by atoms with van der Waals surface area (Å²) in [6, 6.07) is 0. The number of nitrogens with zero attached hydrogens (tertiary/aromatic N) is 1. The Morgan fingerprint density at radius 1 is 1.38 bits per heavy atom. The molecule has 0 fully saturated rings. The first kappa shape index (κ1) is 11.7. The highest BCUT2D eigenvalue weighted by Gasteiger charge is 2.50. The molecule has 7 heteroatoms. The molecule has 0 N–H and O–H groups in total. The molecule has 2 aliphatic rings. The van der Waals surface area contributed by atoms with E-state index in [1.807, 2.05) is 0 Å². The molecule has 0 bridgehead atoms. The molecule has 0 unspecified atom stereocenters. The van der Waals surface area contributed by atoms with Crippen LogP contribution in [0.2, 0.25) is 0 Å². The number of hydrogen-bond acceptors (Lipinski definition) is 3. The molecule has 0 aromatic carbocycles. The highest BCUT2D eigenvalue weighted by molar-refractivity contribution is 7.81. The number of carbonyl (C=O) groups is 2. The predicted octanol–water partition coefficient (Wildman–Crippen LogP) is 2.04. The lowest BCUT2D eigenvalue weighted by Crippen LogP contribution is -2.42. The van der Waals surface area contributed by atoms with Crippen LogP contribution in [0, 0.1) is 0 Å². The van der Waals surface area contributed by atoms with E-state index < -0.39 is 16.5 Å². The van der Waals surface area contributed by atoms with E-state index in [0.717, 1.165) is 0 Å². The molecule has 0 saturated heterocycles. The Bertz CT molecular complexity index is 478. The summed E-state index contributed by atoms with van der Waals surface area (Å²) in [7, 11) is 0. The number of alkyl halides is 3. The molecule has 2 amide bonds. The quantitative estimate of drug-likeness (QED) is 0.319. The van der Waals surface area contributed by atoms with Gasteiger partial charge in [-0.2, -0.15) is 4.39 Å². The average Bonchev–Trinajstić information content (AvgIpc) is 2.39. The van der Waals surface area contributed by atoms with Gasteiger partial charge in [-0.25, -0.2) is 4.90 Å². The Morgan fingerprint density at radius 3 is 2.50 bits per heavy atom. The first-order valence-corrected chi connectivity index (χ1v) is 5.40. The van der Waals surface area contributed by atoms with Crippen molar-refractivity contribution in [1.82, 2.24) is 4.90 Å². The summed E-state index contributed by atoms with van der Waals surface area (Å²) < 4.78 is 10.2. The molecule has 1 aliphatic heterocycles. The second-order valence-corrected chi connectivity index (χ2v) is 4.92. The molecule has 16 heavy (non-hydrogen) atoms. The Hall–Kier alpha value is -0.780. The molecule has 1 heterocycles. The van der Waals surface area contributed by atoms with Crippen LogP contribution < -0.4 is 0 Å². The summed E-state index contributed by atoms with van der Waals surface area (Å²) >= 11 is 15.2. The van der Waals surface area contributed by atoms with E-state index >= 15 is 0 Å². The number of imide groups is 1. The molecule has 0 spiro atoms. The van der Waals surface area contributed by atoms with Crippen LogP contribution in [-0.4, -0.2) is 26.3 Å². The van der Waals surface area contributed by atoms with E-state index in [0.29, 0.717) is 6.42 Å². The molecule has 84 valence electrons. The van der Waals surface area contributed by atoms with Gasteiger partial charge in [-0.1, -0.05) is 24.4 Å². The van der Waals surface area contributed by atoms with Gasteiger partial charge in [0.25, 0.3) is 11.8 Å². The van der Waals surface area contributed by atoms with Crippen LogP contribution in [-0.2, 0) is 9.59 Å². The standard InChI is InChI=1S/C9H4Cl2FNO2S/c10-9(11,12)13-7(14)4-2-1-3-5(16)6(4)8(13)15/h1-2H,3H2. The number of halogens is 3. The van der Waals surface area contributed by atoms with Crippen LogP contribution in [0.4, 0.5) is 4.39 Å². The van der Waals surface area contributed by atoms with Crippen molar-refractivity contribution in [3.05, 3.63) is 23.3 Å². The smallest absolute Gasteiger partial charge is 0.268 e. The van der Waals surface area contributed by atoms with E-state index in [1.54, 1.807) is 6.08 Å². The maximum atomic E-state index is 13.3. The summed E-state index contributed by atoms with van der Waals surface area (Å²) in [5.41, 5.74) is 0.0652. The zero-order valence-corrected chi connectivity index (χ0v) is 10.00. The van der Waals surface area contributed by atoms with Gasteiger partial charge < -0.3 is 0 Å². The van der Waals surface area contributed by atoms with Crippen LogP contribution >= 0.6 is 35.4 Å². The zero-order chi connectivity index (χ0) is 12.1. The molecule has 1 aliphatic carbocycles. The molecular formula is C9H4Cl2FNO2S. The molecule has 0 saturated carbocycles. The third-order valence-corrected chi connectivity index (χ3v) is 2.95. The van der Waals surface area contributed by atoms with Gasteiger partial charge in [0.1, 0.15) is 0 Å². The molecule has 2 rings (SSSR count). The zero-order valence-electron chi connectivity index (χ0n) is 7.67. The van der Waals surface area contributed by atoms with Gasteiger partial charge in [-0.05, 0) is 23.2 Å². The summed E-state index contributed by atoms with van der Waals surface area (Å²) in [6.45, 7) is 0. The van der Waals surface area contributed by atoms with Crippen LogP contribution in [0.1, 0.15) is 6.42 Å². The van der Waals surface area contributed by atoms with E-state index in [1.165, 1.54) is 6.08 Å². The van der Waals surface area contributed by atoms with Crippen molar-refractivity contribution >= 4 is 52.1 Å². The minimum Gasteiger partial charge on any atom is -0.268 e. The topological polar surface area (TPSA) is 37.4 Å². The van der Waals surface area contributed by atoms with Crippen molar-refractivity contribution in [2.24, 2.45) is 0 Å². The van der Waals surface area contributed by atoms with Crippen LogP contribution in [0.25, 0.3) is 0 Å². The van der Waals surface area contributed by atoms with Gasteiger partial charge in [-0.3, -0.25) is 9.59 Å². The van der Waals surface area contributed by atoms with Gasteiger partial charge in [-0.15, -0.1) is 0 Å². The number of rotatable bonds is 1. The second-order valence-electron chi connectivity index (χ2n) is 3.23. The third-order valence-electron chi connectivity index (χ3n) is 2.24. The first-order valence-electron chi connectivity index (χ1n) is 4.23. The molecule has 3 nitrogen and oxygen atoms in total. The van der Waals surface area contributed by atoms with E-state index in [-0.39, 0.29) is 20.9 Å². The summed E-state index contributed by atoms with van der Waals surface area (Å²) in [6.07, 6.45) is 3.41. The minimum absolute atomic E-state index is 0.0193. The average molecular weight is 280 g/mol. The Balaban J connectivity index is 2.52. The summed E-state index contributed by atoms with van der Waals surface area (Å²) in [5, 5.41) is 0. The largest absolute Gasteiger partial charge is 0.346 e. The SMILES string of the molecule is O=C1C2=C(C(=O)N1C(F)(Cl)Cl)C(=S)CC=C2. The predicted molar refractivity (Wildman–Crippen MR) is 60.8 cm³/mol. The second kappa shape index (κ2) is 3.61. The maximum Gasteiger partial charge on any atom is 0.346 e. The highest BCUT2D eigenvalue weighted by Crippen LogP contribution is 2.37. The van der Waals surface area contributed by atoms with Gasteiger partial charge in [0.05, 0.1) is 11.1 Å². The van der Waals surface area contributed by atoms with E-state index in [4.69, 9.17) is 35.4 Å². The minimum atomic E-state index is -3.06. The summed E-state index contributed by atoms with van der Waals surface area (Å²) in [4.78, 5) is 23.8. The number of hydrogen-bond donors (Lipinski definition) is 0. The molecular weight excluding hydrogens is 276 g/mol. The van der Waals surface area contributed by atoms with Crippen LogP contribution in [0.15, 0.2) is 23.3 Å². The Morgan fingerprint density at radius 2 is 2.00 bits per heavy atom. The highest BCUT2D eigenvalue weighted by atomic mass is 35.5. The van der Waals surface area contributed by atoms with Crippen molar-refractivity contribution in [1.29, 1.82) is 0 Å². The van der Waals surface area contributed by atoms with Gasteiger partial charge in [0.2, 0.25) is 0 Å². The molecule has 0 radical (unpaired) electrons. The fourth-order valence-electron chi connectivity index (χ4n) is 1.59. The fourth-order valence-corrected chi connectivity index (χ4v) is 2.19. The number of amides is 2. The van der Waals surface area contributed by atoms with E-state index in [9.17, 15) is 14.0 Å². The molecule has 0 atom stereocenters. The van der Waals surface area contributed by atoms with Crippen molar-refractivity contribution in [2.75, 3.05) is 0 Å². The maximum absolute atomic E-state index is 13.3. The lowest BCUT2D eigenvalue weighted by atomic mass is 9.99. The number of carbonyl (C=O) groups excluding carboxylic acids is 2. The number of allylic oxidation sites excluding steroid dienone is 1. The molecule has 0 aromatic heterocycles. The Labute approximate surface area is 105 Å². The lowest BCUT2D eigenvalue weighted by Gasteiger charge is -2.20. The van der Waals surface area contributed by atoms with Crippen LogP contribution in [0.5, 0.6) is 0 Å². The lowest BCUT2D eigenvalue weighted by molar-refractivity contribution is -0.142. The number of thiocarbonyl (C=S) groups is 1. The van der Waals surface area contributed by atoms with Crippen molar-refractivity contribution in [3.63, 3.8) is 0 Å². The monoisotopic (exact) mass is 279 g/mol.